The zero-order valence-corrected chi connectivity index (χ0v) is 45.5. The first-order valence-electron chi connectivity index (χ1n) is 23.1. The third kappa shape index (κ3) is 15.0. The summed E-state index contributed by atoms with van der Waals surface area (Å²) < 4.78 is 116. The van der Waals surface area contributed by atoms with Crippen molar-refractivity contribution in [3.05, 3.63) is 18.1 Å². The quantitative estimate of drug-likeness (QED) is 0.125. The minimum Gasteiger partial charge on any atom is -0.379 e. The molecule has 0 bridgehead atoms. The Bertz CT molecular complexity index is 2220. The number of fused-ring (bicyclic) bond motifs is 1. The molecule has 20 unspecified atom stereocenters. The van der Waals surface area contributed by atoms with Gasteiger partial charge in [0.1, 0.15) is 49.7 Å². The van der Waals surface area contributed by atoms with E-state index >= 15 is 0 Å². The maximum absolute atomic E-state index is 13.7. The van der Waals surface area contributed by atoms with Gasteiger partial charge in [-0.2, -0.15) is 0 Å². The van der Waals surface area contributed by atoms with E-state index < -0.39 is 104 Å². The van der Waals surface area contributed by atoms with E-state index in [4.69, 9.17) is 77.4 Å². The highest BCUT2D eigenvalue weighted by atomic mass is 31.3. The van der Waals surface area contributed by atoms with E-state index in [1.165, 1.54) is 27.6 Å². The molecule has 4 fully saturated rings. The molecule has 6 rings (SSSR count). The smallest absolute Gasteiger partial charge is 0.334 e. The van der Waals surface area contributed by atoms with Gasteiger partial charge in [-0.05, 0) is 25.3 Å². The fourth-order valence-corrected chi connectivity index (χ4v) is 14.6. The van der Waals surface area contributed by atoms with E-state index in [-0.39, 0.29) is 31.5 Å². The monoisotopic (exact) mass is 1040 g/mol. The van der Waals surface area contributed by atoms with Crippen molar-refractivity contribution in [1.29, 1.82) is 0 Å². The molecule has 4 aliphatic rings. The summed E-state index contributed by atoms with van der Waals surface area (Å²) in [6.45, 7) is 16.6. The lowest BCUT2D eigenvalue weighted by Crippen LogP contribution is -2.38. The van der Waals surface area contributed by atoms with E-state index in [0.717, 1.165) is 42.4 Å². The normalized spacial score (nSPS) is 37.0. The molecule has 4 saturated heterocycles. The minimum absolute atomic E-state index is 0.0569. The van der Waals surface area contributed by atoms with E-state index in [1.54, 1.807) is 13.8 Å². The van der Waals surface area contributed by atoms with Crippen LogP contribution in [0.1, 0.15) is 60.0 Å². The van der Waals surface area contributed by atoms with Crippen molar-refractivity contribution in [3.63, 3.8) is 0 Å². The molecule has 377 valence electrons. The third-order valence-corrected chi connectivity index (χ3v) is 18.7. The molecule has 4 aliphatic heterocycles. The molecule has 2 N–H and O–H groups in total. The fourth-order valence-electron chi connectivity index (χ4n) is 9.32. The average Bonchev–Trinajstić information content (AvgIpc) is 4.04. The highest BCUT2D eigenvalue weighted by Gasteiger charge is 2.50. The van der Waals surface area contributed by atoms with Gasteiger partial charge in [0.05, 0.1) is 63.3 Å². The highest BCUT2D eigenvalue weighted by molar-refractivity contribution is 7.66. The van der Waals surface area contributed by atoms with Gasteiger partial charge in [-0.25, -0.2) is 14.3 Å². The molecular formula is C39H67B6N4O16P4. The SMILES string of the molecule is CCC1OC(n2ccc3c(NC)nc(C)nc32)C(C)C1C.[B][B]C1OC(COP(C)(=O)OC2C(COP(C)(=O)OP(C)(=O)O)OC(B([B])[B])C2C)C(OP(C)(=O)OCC2OC([B])C(C)C2OC)C1C. The van der Waals surface area contributed by atoms with Crippen molar-refractivity contribution in [2.75, 3.05) is 66.0 Å². The number of rotatable bonds is 21. The molecule has 0 saturated carbocycles. The Morgan fingerprint density at radius 2 is 1.33 bits per heavy atom. The summed E-state index contributed by atoms with van der Waals surface area (Å²) in [6, 6.07) is 0.111. The molecule has 0 aliphatic carbocycles. The van der Waals surface area contributed by atoms with Gasteiger partial charge in [0.15, 0.2) is 0 Å². The van der Waals surface area contributed by atoms with Crippen molar-refractivity contribution in [2.24, 2.45) is 29.6 Å². The molecule has 2 aromatic rings. The molecule has 0 aromatic carbocycles. The maximum atomic E-state index is 13.7. The summed E-state index contributed by atoms with van der Waals surface area (Å²) in [5.74, 6) is 1.63. The number of nitrogens with zero attached hydrogens (tertiary/aromatic N) is 3. The van der Waals surface area contributed by atoms with Crippen LogP contribution in [0.3, 0.4) is 0 Å². The van der Waals surface area contributed by atoms with Crippen LogP contribution in [0.2, 0.25) is 0 Å². The van der Waals surface area contributed by atoms with E-state index in [2.05, 4.69) is 57.2 Å². The number of ether oxygens (including phenoxy) is 5. The van der Waals surface area contributed by atoms with Crippen LogP contribution >= 0.6 is 30.4 Å². The molecule has 20 atom stereocenters. The fraction of sp³-hybridized carbons (Fsp3) is 0.846. The molecule has 69 heavy (non-hydrogen) atoms. The van der Waals surface area contributed by atoms with Gasteiger partial charge in [-0.3, -0.25) is 18.3 Å². The second-order valence-corrected chi connectivity index (χ2v) is 26.8. The lowest BCUT2D eigenvalue weighted by Gasteiger charge is -2.29. The topological polar surface area (TPSA) is 233 Å². The Balaban J connectivity index is 0.000000348. The Morgan fingerprint density at radius 3 is 1.84 bits per heavy atom. The second kappa shape index (κ2) is 24.3. The summed E-state index contributed by atoms with van der Waals surface area (Å²) >= 11 is 0. The molecule has 20 nitrogen and oxygen atoms in total. The number of hydrogen-bond donors (Lipinski definition) is 2. The first-order valence-corrected chi connectivity index (χ1v) is 31.1. The number of methoxy groups -OCH3 is 1. The van der Waals surface area contributed by atoms with Crippen molar-refractivity contribution in [1.82, 2.24) is 14.5 Å². The highest BCUT2D eigenvalue weighted by Crippen LogP contribution is 2.59. The molecular weight excluding hydrogens is 969 g/mol. The Kier molecular flexibility index (Phi) is 20.8. The van der Waals surface area contributed by atoms with Crippen LogP contribution in [0.15, 0.2) is 12.3 Å². The van der Waals surface area contributed by atoms with Crippen LogP contribution in [0.25, 0.3) is 11.0 Å². The van der Waals surface area contributed by atoms with Gasteiger partial charge in [0.25, 0.3) is 0 Å². The first-order chi connectivity index (χ1) is 32.1. The summed E-state index contributed by atoms with van der Waals surface area (Å²) in [5, 5.41) is 4.20. The molecule has 0 amide bonds. The Labute approximate surface area is 414 Å². The lowest BCUT2D eigenvalue weighted by atomic mass is 9.16. The average molecular weight is 1040 g/mol. The van der Waals surface area contributed by atoms with Crippen molar-refractivity contribution < 1.29 is 73.8 Å². The predicted octanol–water partition coefficient (Wildman–Crippen LogP) is 4.93. The zero-order valence-electron chi connectivity index (χ0n) is 41.9. The standard InChI is InChI=1S/C23H43B6O15P4.C16H24N4O/c1-12-18(35-4)15(39-21(12)24)9-36-46(6,32)42-19-13(2)22(28-25)40-16(19)10-37-47(7,33)43-20-14(3)23(29(26)27)41-17(20)11-38-48(8,34)44-45(5,30)31;1-6-13-9(2)10(3)16(21-13)20-8-7-12-14(17-5)18-11(4)19-15(12)20/h12-23H,9-11H2,1-8H3,(H,30,31);7-10,13,16H,6H2,1-5H3,(H,17,18,19). The number of nitrogens with one attached hydrogen (secondary N) is 1. The van der Waals surface area contributed by atoms with Crippen LogP contribution in [0.4, 0.5) is 5.82 Å². The van der Waals surface area contributed by atoms with Gasteiger partial charge >= 0.3 is 30.4 Å². The van der Waals surface area contributed by atoms with Crippen molar-refractivity contribution in [2.45, 2.75) is 122 Å². The second-order valence-electron chi connectivity index (χ2n) is 18.7. The minimum atomic E-state index is -4.14. The number of aromatic nitrogens is 3. The molecule has 30 heteroatoms. The van der Waals surface area contributed by atoms with Crippen LogP contribution in [-0.4, -0.2) is 186 Å². The van der Waals surface area contributed by atoms with Gasteiger partial charge in [0, 0.05) is 112 Å². The number of anilines is 1. The van der Waals surface area contributed by atoms with Gasteiger partial charge in [0.2, 0.25) is 0 Å². The van der Waals surface area contributed by atoms with Crippen LogP contribution in [0, 0.1) is 36.5 Å². The van der Waals surface area contributed by atoms with Crippen LogP contribution in [0.5, 0.6) is 0 Å². The van der Waals surface area contributed by atoms with E-state index in [1.807, 2.05) is 20.9 Å². The Morgan fingerprint density at radius 1 is 0.783 bits per heavy atom. The predicted molar refractivity (Wildman–Crippen MR) is 268 cm³/mol. The van der Waals surface area contributed by atoms with Crippen LogP contribution in [-0.2, 0) is 68.9 Å². The van der Waals surface area contributed by atoms with Crippen molar-refractivity contribution in [3.8, 4) is 0 Å². The van der Waals surface area contributed by atoms with E-state index in [0.29, 0.717) is 17.9 Å². The summed E-state index contributed by atoms with van der Waals surface area (Å²) in [6.07, 6.45) is -1.17. The zero-order chi connectivity index (χ0) is 51.6. The Hall–Kier alpha value is -0.750. The summed E-state index contributed by atoms with van der Waals surface area (Å²) in [4.78, 5) is 18.5. The molecule has 0 spiro atoms. The number of hydrogen-bond acceptors (Lipinski definition) is 18. The molecule has 6 heterocycles. The first kappa shape index (κ1) is 59.1. The molecule has 9 radical (unpaired) electrons. The number of aryl methyl sites for hydroxylation is 1. The van der Waals surface area contributed by atoms with Gasteiger partial charge < -0.3 is 61.1 Å². The maximum Gasteiger partial charge on any atom is 0.334 e. The summed E-state index contributed by atoms with van der Waals surface area (Å²) in [7, 11) is 12.5. The third-order valence-electron chi connectivity index (χ3n) is 13.2. The molecule has 2 aromatic heterocycles. The largest absolute Gasteiger partial charge is 0.379 e. The van der Waals surface area contributed by atoms with Gasteiger partial charge in [-0.1, -0.05) is 41.5 Å². The van der Waals surface area contributed by atoms with Crippen LogP contribution < -0.4 is 5.32 Å². The van der Waals surface area contributed by atoms with Crippen molar-refractivity contribution >= 4 is 92.0 Å². The summed E-state index contributed by atoms with van der Waals surface area (Å²) in [5.41, 5.74) is 0.952. The lowest BCUT2D eigenvalue weighted by molar-refractivity contribution is -0.0281. The van der Waals surface area contributed by atoms with Gasteiger partial charge in [-0.15, -0.1) is 0 Å². The van der Waals surface area contributed by atoms with E-state index in [9.17, 15) is 23.2 Å².